The highest BCUT2D eigenvalue weighted by atomic mass is 16.5. The number of ether oxygens (including phenoxy) is 1. The minimum atomic E-state index is -1.15. The summed E-state index contributed by atoms with van der Waals surface area (Å²) in [6.07, 6.45) is 3.40. The lowest BCUT2D eigenvalue weighted by atomic mass is 10.4. The molecule has 0 radical (unpaired) electrons. The van der Waals surface area contributed by atoms with Crippen LogP contribution in [0.2, 0.25) is 0 Å². The summed E-state index contributed by atoms with van der Waals surface area (Å²) in [6.45, 7) is 2.32. The van der Waals surface area contributed by atoms with Crippen LogP contribution in [0.1, 0.15) is 19.8 Å². The molecule has 0 amide bonds. The largest absolute Gasteiger partial charge is 0.478 e. The molecule has 0 fully saturated rings. The van der Waals surface area contributed by atoms with Gasteiger partial charge >= 0.3 is 11.9 Å². The summed E-state index contributed by atoms with van der Waals surface area (Å²) >= 11 is 0. The quantitative estimate of drug-likeness (QED) is 0.383. The van der Waals surface area contributed by atoms with Crippen LogP contribution >= 0.6 is 0 Å². The van der Waals surface area contributed by atoms with Crippen molar-refractivity contribution in [2.45, 2.75) is 19.8 Å². The molecule has 5 heteroatoms. The molecule has 0 spiro atoms. The van der Waals surface area contributed by atoms with Gasteiger partial charge in [0, 0.05) is 12.2 Å². The number of carboxylic acid groups (broad SMARTS) is 1. The maximum atomic E-state index is 10.6. The first-order valence-corrected chi connectivity index (χ1v) is 3.74. The SMILES string of the molecule is CCCCOC(=O)/C=C\C(=O)O.N. The van der Waals surface area contributed by atoms with Crippen molar-refractivity contribution in [3.05, 3.63) is 12.2 Å². The first kappa shape index (κ1) is 14.2. The Morgan fingerprint density at radius 1 is 1.38 bits per heavy atom. The van der Waals surface area contributed by atoms with Gasteiger partial charge in [-0.2, -0.15) is 0 Å². The number of aliphatic carboxylic acids is 1. The molecule has 0 aliphatic carbocycles. The molecule has 0 rings (SSSR count). The molecule has 5 nitrogen and oxygen atoms in total. The van der Waals surface area contributed by atoms with Gasteiger partial charge in [-0.15, -0.1) is 0 Å². The van der Waals surface area contributed by atoms with E-state index in [1.807, 2.05) is 6.92 Å². The van der Waals surface area contributed by atoms with Gasteiger partial charge in [-0.25, -0.2) is 9.59 Å². The summed E-state index contributed by atoms with van der Waals surface area (Å²) in [5.41, 5.74) is 0. The number of carboxylic acids is 1. The zero-order valence-electron chi connectivity index (χ0n) is 7.66. The lowest BCUT2D eigenvalue weighted by molar-refractivity contribution is -0.138. The molecule has 0 aliphatic rings. The van der Waals surface area contributed by atoms with Crippen molar-refractivity contribution in [1.29, 1.82) is 0 Å². The topological polar surface area (TPSA) is 98.6 Å². The maximum absolute atomic E-state index is 10.6. The molecule has 76 valence electrons. The van der Waals surface area contributed by atoms with E-state index in [-0.39, 0.29) is 6.15 Å². The summed E-state index contributed by atoms with van der Waals surface area (Å²) in [5.74, 6) is -1.76. The van der Waals surface area contributed by atoms with Crippen LogP contribution in [0.25, 0.3) is 0 Å². The summed E-state index contributed by atoms with van der Waals surface area (Å²) < 4.78 is 4.64. The van der Waals surface area contributed by atoms with Gasteiger partial charge in [-0.1, -0.05) is 13.3 Å². The van der Waals surface area contributed by atoms with Gasteiger partial charge < -0.3 is 16.0 Å². The van der Waals surface area contributed by atoms with E-state index in [1.54, 1.807) is 0 Å². The van der Waals surface area contributed by atoms with Gasteiger partial charge in [0.15, 0.2) is 0 Å². The fourth-order valence-corrected chi connectivity index (χ4v) is 0.505. The number of rotatable bonds is 5. The van der Waals surface area contributed by atoms with Crippen molar-refractivity contribution in [2.75, 3.05) is 6.61 Å². The van der Waals surface area contributed by atoms with Crippen molar-refractivity contribution >= 4 is 11.9 Å². The Morgan fingerprint density at radius 2 is 2.00 bits per heavy atom. The Kier molecular flexibility index (Phi) is 9.53. The molecule has 0 unspecified atom stereocenters. The molecular formula is C8H15NO4. The second kappa shape index (κ2) is 8.73. The van der Waals surface area contributed by atoms with E-state index in [2.05, 4.69) is 4.74 Å². The molecule has 13 heavy (non-hydrogen) atoms. The highest BCUT2D eigenvalue weighted by Crippen LogP contribution is 1.89. The fraction of sp³-hybridized carbons (Fsp3) is 0.500. The van der Waals surface area contributed by atoms with Crippen molar-refractivity contribution < 1.29 is 19.4 Å². The molecule has 0 aromatic rings. The average molecular weight is 189 g/mol. The Bertz CT molecular complexity index is 189. The highest BCUT2D eigenvalue weighted by molar-refractivity contribution is 5.90. The van der Waals surface area contributed by atoms with E-state index in [0.717, 1.165) is 25.0 Å². The van der Waals surface area contributed by atoms with Crippen molar-refractivity contribution in [2.24, 2.45) is 0 Å². The van der Waals surface area contributed by atoms with Crippen molar-refractivity contribution in [1.82, 2.24) is 6.15 Å². The van der Waals surface area contributed by atoms with E-state index in [9.17, 15) is 9.59 Å². The molecule has 0 saturated carbocycles. The monoisotopic (exact) mass is 189 g/mol. The minimum absolute atomic E-state index is 0. The Hall–Kier alpha value is -1.36. The maximum Gasteiger partial charge on any atom is 0.331 e. The molecule has 0 atom stereocenters. The third-order valence-corrected chi connectivity index (χ3v) is 1.10. The Labute approximate surface area is 77.0 Å². The zero-order chi connectivity index (χ0) is 9.40. The second-order valence-corrected chi connectivity index (χ2v) is 2.19. The third kappa shape index (κ3) is 10.6. The van der Waals surface area contributed by atoms with Gasteiger partial charge in [-0.3, -0.25) is 0 Å². The van der Waals surface area contributed by atoms with E-state index >= 15 is 0 Å². The molecule has 0 bridgehead atoms. The number of hydrogen-bond donors (Lipinski definition) is 2. The molecular weight excluding hydrogens is 174 g/mol. The van der Waals surface area contributed by atoms with Crippen molar-refractivity contribution in [3.8, 4) is 0 Å². The smallest absolute Gasteiger partial charge is 0.331 e. The number of carbonyl (C=O) groups excluding carboxylic acids is 1. The fourth-order valence-electron chi connectivity index (χ4n) is 0.505. The first-order chi connectivity index (χ1) is 5.66. The molecule has 0 aromatic carbocycles. The lowest BCUT2D eigenvalue weighted by Crippen LogP contribution is -2.02. The Balaban J connectivity index is 0. The van der Waals surface area contributed by atoms with E-state index < -0.39 is 11.9 Å². The van der Waals surface area contributed by atoms with Crippen LogP contribution in [0.5, 0.6) is 0 Å². The van der Waals surface area contributed by atoms with E-state index in [0.29, 0.717) is 6.61 Å². The molecule has 0 aromatic heterocycles. The number of hydrogen-bond acceptors (Lipinski definition) is 4. The summed E-state index contributed by atoms with van der Waals surface area (Å²) in [4.78, 5) is 20.6. The summed E-state index contributed by atoms with van der Waals surface area (Å²) in [7, 11) is 0. The van der Waals surface area contributed by atoms with Crippen LogP contribution in [-0.4, -0.2) is 23.7 Å². The van der Waals surface area contributed by atoms with Gasteiger partial charge in [0.1, 0.15) is 0 Å². The number of unbranched alkanes of at least 4 members (excludes halogenated alkanes) is 1. The molecule has 0 aliphatic heterocycles. The third-order valence-electron chi connectivity index (χ3n) is 1.10. The number of carbonyl (C=O) groups is 2. The standard InChI is InChI=1S/C8H12O4.H3N/c1-2-3-6-12-8(11)5-4-7(9)10;/h4-5H,2-3,6H2,1H3,(H,9,10);1H3/b5-4-;. The number of esters is 1. The first-order valence-electron chi connectivity index (χ1n) is 3.74. The predicted molar refractivity (Wildman–Crippen MR) is 47.7 cm³/mol. The Morgan fingerprint density at radius 3 is 2.46 bits per heavy atom. The normalized spacial score (nSPS) is 9.31. The average Bonchev–Trinajstić information content (AvgIpc) is 2.01. The highest BCUT2D eigenvalue weighted by Gasteiger charge is 1.96. The van der Waals surface area contributed by atoms with Gasteiger partial charge in [0.25, 0.3) is 0 Å². The van der Waals surface area contributed by atoms with Gasteiger partial charge in [0.05, 0.1) is 6.61 Å². The van der Waals surface area contributed by atoms with Crippen LogP contribution in [-0.2, 0) is 14.3 Å². The minimum Gasteiger partial charge on any atom is -0.478 e. The summed E-state index contributed by atoms with van der Waals surface area (Å²) in [6, 6.07) is 0. The van der Waals surface area contributed by atoms with E-state index in [4.69, 9.17) is 5.11 Å². The van der Waals surface area contributed by atoms with E-state index in [1.165, 1.54) is 0 Å². The van der Waals surface area contributed by atoms with Crippen LogP contribution < -0.4 is 6.15 Å². The zero-order valence-corrected chi connectivity index (χ0v) is 7.66. The van der Waals surface area contributed by atoms with Crippen LogP contribution in [0, 0.1) is 0 Å². The molecule has 4 N–H and O–H groups in total. The van der Waals surface area contributed by atoms with Crippen molar-refractivity contribution in [3.63, 3.8) is 0 Å². The van der Waals surface area contributed by atoms with Gasteiger partial charge in [-0.05, 0) is 6.42 Å². The van der Waals surface area contributed by atoms with Gasteiger partial charge in [0.2, 0.25) is 0 Å². The van der Waals surface area contributed by atoms with Crippen LogP contribution in [0.15, 0.2) is 12.2 Å². The second-order valence-electron chi connectivity index (χ2n) is 2.19. The molecule has 0 saturated heterocycles. The van der Waals surface area contributed by atoms with Crippen LogP contribution in [0.4, 0.5) is 0 Å². The lowest BCUT2D eigenvalue weighted by Gasteiger charge is -1.97. The summed E-state index contributed by atoms with van der Waals surface area (Å²) in [5, 5.41) is 8.14. The molecule has 0 heterocycles. The predicted octanol–water partition coefficient (Wildman–Crippen LogP) is 1.13. The van der Waals surface area contributed by atoms with Crippen LogP contribution in [0.3, 0.4) is 0 Å².